The van der Waals surface area contributed by atoms with Gasteiger partial charge in [-0.15, -0.1) is 0 Å². The van der Waals surface area contributed by atoms with Crippen LogP contribution in [0.1, 0.15) is 5.56 Å². The molecule has 0 saturated heterocycles. The molecular weight excluding hydrogens is 388 g/mol. The van der Waals surface area contributed by atoms with Crippen LogP contribution in [0.3, 0.4) is 0 Å². The zero-order chi connectivity index (χ0) is 21.1. The number of nitrogens with two attached hydrogens (primary N) is 1. The van der Waals surface area contributed by atoms with Gasteiger partial charge in [-0.05, 0) is 5.56 Å². The molecule has 1 rings (SSSR count). The molecule has 0 spiro atoms. The maximum Gasteiger partial charge on any atom is 0.328 e. The third-order valence-corrected chi connectivity index (χ3v) is 4.10. The van der Waals surface area contributed by atoms with Crippen LogP contribution >= 0.6 is 12.6 Å². The first kappa shape index (κ1) is 23.4. The van der Waals surface area contributed by atoms with Crippen molar-refractivity contribution >= 4 is 36.3 Å². The number of aliphatic hydroxyl groups excluding tert-OH is 1. The molecule has 0 heterocycles. The Morgan fingerprint density at radius 1 is 0.964 bits per heavy atom. The van der Waals surface area contributed by atoms with Crippen molar-refractivity contribution in [2.45, 2.75) is 24.5 Å². The smallest absolute Gasteiger partial charge is 0.328 e. The molecule has 154 valence electrons. The molecule has 0 saturated carbocycles. The van der Waals surface area contributed by atoms with Crippen molar-refractivity contribution in [1.29, 1.82) is 0 Å². The van der Waals surface area contributed by atoms with Crippen LogP contribution in [0.15, 0.2) is 30.3 Å². The van der Waals surface area contributed by atoms with E-state index in [9.17, 15) is 19.2 Å². The van der Waals surface area contributed by atoms with Gasteiger partial charge >= 0.3 is 5.97 Å². The van der Waals surface area contributed by atoms with E-state index in [1.54, 1.807) is 30.3 Å². The number of amides is 3. The molecule has 0 bridgehead atoms. The number of aliphatic carboxylic acids is 1. The van der Waals surface area contributed by atoms with Crippen LogP contribution in [0.2, 0.25) is 0 Å². The van der Waals surface area contributed by atoms with Gasteiger partial charge in [-0.3, -0.25) is 14.4 Å². The summed E-state index contributed by atoms with van der Waals surface area (Å²) >= 11 is 4.01. The van der Waals surface area contributed by atoms with Crippen LogP contribution in [0.25, 0.3) is 0 Å². The number of nitrogens with one attached hydrogen (secondary N) is 3. The molecule has 10 nitrogen and oxygen atoms in total. The van der Waals surface area contributed by atoms with Gasteiger partial charge in [0.1, 0.15) is 18.1 Å². The van der Waals surface area contributed by atoms with Crippen LogP contribution in [0.4, 0.5) is 0 Å². The number of hydrogen-bond donors (Lipinski definition) is 7. The van der Waals surface area contributed by atoms with Gasteiger partial charge in [0.25, 0.3) is 0 Å². The number of rotatable bonds is 11. The van der Waals surface area contributed by atoms with Crippen LogP contribution in [-0.4, -0.2) is 70.9 Å². The lowest BCUT2D eigenvalue weighted by molar-refractivity contribution is -0.143. The molecule has 3 unspecified atom stereocenters. The Balaban J connectivity index is 2.95. The van der Waals surface area contributed by atoms with Crippen molar-refractivity contribution < 1.29 is 29.4 Å². The molecule has 11 heteroatoms. The summed E-state index contributed by atoms with van der Waals surface area (Å²) in [4.78, 5) is 47.5. The van der Waals surface area contributed by atoms with Crippen LogP contribution < -0.4 is 21.7 Å². The van der Waals surface area contributed by atoms with E-state index in [1.807, 2.05) is 0 Å². The molecule has 3 atom stereocenters. The van der Waals surface area contributed by atoms with Crippen molar-refractivity contribution in [3.8, 4) is 0 Å². The van der Waals surface area contributed by atoms with E-state index >= 15 is 0 Å². The minimum absolute atomic E-state index is 0.0361. The predicted octanol–water partition coefficient (Wildman–Crippen LogP) is -2.35. The van der Waals surface area contributed by atoms with Crippen molar-refractivity contribution in [2.75, 3.05) is 18.9 Å². The Bertz CT molecular complexity index is 687. The molecule has 1 aromatic carbocycles. The predicted molar refractivity (Wildman–Crippen MR) is 104 cm³/mol. The van der Waals surface area contributed by atoms with E-state index in [-0.39, 0.29) is 18.7 Å². The van der Waals surface area contributed by atoms with Gasteiger partial charge in [-0.2, -0.15) is 12.6 Å². The summed E-state index contributed by atoms with van der Waals surface area (Å²) in [6, 6.07) is 5.07. The van der Waals surface area contributed by atoms with Gasteiger partial charge in [0.05, 0.1) is 13.2 Å². The highest BCUT2D eigenvalue weighted by atomic mass is 32.1. The lowest BCUT2D eigenvalue weighted by Gasteiger charge is -2.23. The molecule has 0 aliphatic heterocycles. The van der Waals surface area contributed by atoms with Crippen molar-refractivity contribution in [3.63, 3.8) is 0 Å². The summed E-state index contributed by atoms with van der Waals surface area (Å²) in [5.74, 6) is -3.48. The lowest BCUT2D eigenvalue weighted by Crippen LogP contribution is -2.57. The Labute approximate surface area is 167 Å². The lowest BCUT2D eigenvalue weighted by atomic mass is 10.0. The summed E-state index contributed by atoms with van der Waals surface area (Å²) in [7, 11) is 0. The second-order valence-corrected chi connectivity index (χ2v) is 6.20. The first-order valence-corrected chi connectivity index (χ1v) is 9.04. The first-order chi connectivity index (χ1) is 13.3. The summed E-state index contributed by atoms with van der Waals surface area (Å²) in [5.41, 5.74) is 5.93. The third kappa shape index (κ3) is 7.55. The molecule has 0 fully saturated rings. The normalized spacial score (nSPS) is 13.7. The van der Waals surface area contributed by atoms with Crippen LogP contribution in [-0.2, 0) is 25.6 Å². The number of carbonyl (C=O) groups is 4. The Morgan fingerprint density at radius 2 is 1.54 bits per heavy atom. The molecule has 0 aliphatic carbocycles. The summed E-state index contributed by atoms with van der Waals surface area (Å²) in [5, 5.41) is 25.1. The molecule has 3 amide bonds. The van der Waals surface area contributed by atoms with Gasteiger partial charge in [0, 0.05) is 12.2 Å². The maximum absolute atomic E-state index is 12.5. The average Bonchev–Trinajstić information content (AvgIpc) is 2.69. The van der Waals surface area contributed by atoms with Gasteiger partial charge in [-0.1, -0.05) is 30.3 Å². The Morgan fingerprint density at radius 3 is 2.04 bits per heavy atom. The zero-order valence-corrected chi connectivity index (χ0v) is 15.9. The van der Waals surface area contributed by atoms with Crippen molar-refractivity contribution in [2.24, 2.45) is 5.73 Å². The minimum Gasteiger partial charge on any atom is -0.480 e. The first-order valence-electron chi connectivity index (χ1n) is 8.41. The average molecular weight is 412 g/mol. The highest BCUT2D eigenvalue weighted by Crippen LogP contribution is 2.05. The zero-order valence-electron chi connectivity index (χ0n) is 15.0. The number of benzene rings is 1. The quantitative estimate of drug-likeness (QED) is 0.199. The van der Waals surface area contributed by atoms with E-state index in [2.05, 4.69) is 28.6 Å². The fraction of sp³-hybridized carbons (Fsp3) is 0.412. The summed E-state index contributed by atoms with van der Waals surface area (Å²) < 4.78 is 0. The van der Waals surface area contributed by atoms with E-state index in [1.165, 1.54) is 0 Å². The van der Waals surface area contributed by atoms with Gasteiger partial charge in [0.15, 0.2) is 0 Å². The Kier molecular flexibility index (Phi) is 9.99. The fourth-order valence-electron chi connectivity index (χ4n) is 2.24. The van der Waals surface area contributed by atoms with Crippen molar-refractivity contribution in [3.05, 3.63) is 35.9 Å². The molecular formula is C17H24N4O6S. The number of aliphatic hydroxyl groups is 1. The topological polar surface area (TPSA) is 171 Å². The van der Waals surface area contributed by atoms with E-state index < -0.39 is 48.4 Å². The van der Waals surface area contributed by atoms with Gasteiger partial charge in [-0.25, -0.2) is 4.79 Å². The van der Waals surface area contributed by atoms with E-state index in [0.717, 1.165) is 0 Å². The molecule has 1 aromatic rings. The van der Waals surface area contributed by atoms with Gasteiger partial charge in [0.2, 0.25) is 17.7 Å². The monoisotopic (exact) mass is 412 g/mol. The fourth-order valence-corrected chi connectivity index (χ4v) is 2.49. The molecule has 0 aromatic heterocycles. The standard InChI is InChI=1S/C17H24N4O6S/c18-7-14(23)19-13(9-28)16(25)20-11(6-10-4-2-1-3-5-10)15(24)21-12(8-22)17(26)27/h1-5,11-13,22,28H,6-9,18H2,(H,19,23)(H,20,25)(H,21,24)(H,26,27). The number of carboxylic acid groups (broad SMARTS) is 1. The second-order valence-electron chi connectivity index (χ2n) is 5.84. The number of carbonyl (C=O) groups excluding carboxylic acids is 3. The maximum atomic E-state index is 12.5. The highest BCUT2D eigenvalue weighted by Gasteiger charge is 2.29. The minimum atomic E-state index is -1.51. The number of thiol groups is 1. The molecule has 0 aliphatic rings. The van der Waals surface area contributed by atoms with E-state index in [0.29, 0.717) is 5.56 Å². The number of hydrogen-bond acceptors (Lipinski definition) is 7. The SMILES string of the molecule is NCC(=O)NC(CS)C(=O)NC(Cc1ccccc1)C(=O)NC(CO)C(=O)O. The van der Waals surface area contributed by atoms with Crippen LogP contribution in [0.5, 0.6) is 0 Å². The largest absolute Gasteiger partial charge is 0.480 e. The molecule has 0 radical (unpaired) electrons. The second kappa shape index (κ2) is 12.0. The van der Waals surface area contributed by atoms with Gasteiger partial charge < -0.3 is 31.9 Å². The molecule has 7 N–H and O–H groups in total. The summed E-state index contributed by atoms with van der Waals surface area (Å²) in [6.07, 6.45) is 0.0697. The van der Waals surface area contributed by atoms with E-state index in [4.69, 9.17) is 15.9 Å². The van der Waals surface area contributed by atoms with Crippen LogP contribution in [0, 0.1) is 0 Å². The number of carboxylic acids is 1. The Hall–Kier alpha value is -2.63. The molecule has 28 heavy (non-hydrogen) atoms. The summed E-state index contributed by atoms with van der Waals surface area (Å²) in [6.45, 7) is -1.12. The van der Waals surface area contributed by atoms with Crippen molar-refractivity contribution in [1.82, 2.24) is 16.0 Å². The highest BCUT2D eigenvalue weighted by molar-refractivity contribution is 7.80. The third-order valence-electron chi connectivity index (χ3n) is 3.73.